The van der Waals surface area contributed by atoms with Gasteiger partial charge < -0.3 is 18.9 Å². The zero-order valence-corrected chi connectivity index (χ0v) is 23.4. The standard InChI is InChI=1S/C30H32N2O6S/c1-6-16-38-22-13-11-10-12-20(22)18-25-28(33)32-27(21-14-15-23(35-7-2)24(17-21)36-8-3)26(29(34)37-9-4)19(5)31-30(32)39-25/h6,10-15,17-18,27H,1,7-9,16H2,2-5H3. The van der Waals surface area contributed by atoms with E-state index in [0.717, 1.165) is 5.56 Å². The molecule has 8 nitrogen and oxygen atoms in total. The second-order valence-electron chi connectivity index (χ2n) is 8.51. The second-order valence-corrected chi connectivity index (χ2v) is 9.52. The summed E-state index contributed by atoms with van der Waals surface area (Å²) in [6.07, 6.45) is 3.45. The SMILES string of the molecule is C=CCOc1ccccc1C=c1sc2n(c1=O)C(c1ccc(OCC)c(OCC)c1)C(C(=O)OCC)=C(C)N=2. The molecule has 1 aliphatic rings. The van der Waals surface area contributed by atoms with E-state index in [4.69, 9.17) is 18.9 Å². The molecule has 3 aromatic rings. The third kappa shape index (κ3) is 5.83. The van der Waals surface area contributed by atoms with Crippen LogP contribution < -0.4 is 29.1 Å². The van der Waals surface area contributed by atoms with E-state index in [1.165, 1.54) is 11.3 Å². The average molecular weight is 549 g/mol. The first-order valence-electron chi connectivity index (χ1n) is 12.8. The lowest BCUT2D eigenvalue weighted by Gasteiger charge is -2.25. The molecule has 4 rings (SSSR count). The molecule has 2 aromatic carbocycles. The molecule has 1 unspecified atom stereocenters. The van der Waals surface area contributed by atoms with Gasteiger partial charge >= 0.3 is 5.97 Å². The molecule has 0 aliphatic carbocycles. The average Bonchev–Trinajstić information content (AvgIpc) is 3.22. The van der Waals surface area contributed by atoms with Gasteiger partial charge in [-0.1, -0.05) is 48.3 Å². The number of fused-ring (bicyclic) bond motifs is 1. The number of carbonyl (C=O) groups is 1. The highest BCUT2D eigenvalue weighted by atomic mass is 32.1. The van der Waals surface area contributed by atoms with Crippen molar-refractivity contribution in [3.05, 3.63) is 97.2 Å². The topological polar surface area (TPSA) is 88.3 Å². The number of thiazole rings is 1. The van der Waals surface area contributed by atoms with Crippen LogP contribution in [0.15, 0.2) is 76.2 Å². The molecule has 1 aliphatic heterocycles. The fraction of sp³-hybridized carbons (Fsp3) is 0.300. The molecule has 0 radical (unpaired) electrons. The number of nitrogens with zero attached hydrogens (tertiary/aromatic N) is 2. The summed E-state index contributed by atoms with van der Waals surface area (Å²) in [6, 6.07) is 12.2. The van der Waals surface area contributed by atoms with Gasteiger partial charge in [0.05, 0.1) is 41.7 Å². The van der Waals surface area contributed by atoms with Crippen LogP contribution in [0.2, 0.25) is 0 Å². The normalized spacial score (nSPS) is 14.9. The van der Waals surface area contributed by atoms with Gasteiger partial charge in [0, 0.05) is 5.56 Å². The van der Waals surface area contributed by atoms with Crippen molar-refractivity contribution in [2.45, 2.75) is 33.7 Å². The van der Waals surface area contributed by atoms with Crippen LogP contribution in [0.3, 0.4) is 0 Å². The molecular weight excluding hydrogens is 516 g/mol. The third-order valence-electron chi connectivity index (χ3n) is 5.96. The van der Waals surface area contributed by atoms with E-state index in [0.29, 0.717) is 63.2 Å². The van der Waals surface area contributed by atoms with Crippen LogP contribution in [-0.4, -0.2) is 37.0 Å². The van der Waals surface area contributed by atoms with Gasteiger partial charge in [0.15, 0.2) is 16.3 Å². The molecule has 0 amide bonds. The van der Waals surface area contributed by atoms with Gasteiger partial charge in [0.25, 0.3) is 5.56 Å². The fourth-order valence-corrected chi connectivity index (χ4v) is 5.40. The molecule has 1 atom stereocenters. The number of allylic oxidation sites excluding steroid dienone is 1. The number of rotatable bonds is 11. The summed E-state index contributed by atoms with van der Waals surface area (Å²) in [5, 5.41) is 0. The van der Waals surface area contributed by atoms with E-state index in [-0.39, 0.29) is 12.2 Å². The lowest BCUT2D eigenvalue weighted by molar-refractivity contribution is -0.139. The molecule has 9 heteroatoms. The molecule has 0 spiro atoms. The Bertz CT molecular complexity index is 1580. The Hall–Kier alpha value is -4.11. The van der Waals surface area contributed by atoms with Gasteiger partial charge in [-0.05, 0) is 57.5 Å². The van der Waals surface area contributed by atoms with Gasteiger partial charge in [-0.3, -0.25) is 9.36 Å². The van der Waals surface area contributed by atoms with Crippen LogP contribution in [-0.2, 0) is 9.53 Å². The van der Waals surface area contributed by atoms with Gasteiger partial charge in [-0.25, -0.2) is 9.79 Å². The lowest BCUT2D eigenvalue weighted by Crippen LogP contribution is -2.40. The molecule has 204 valence electrons. The Morgan fingerprint density at radius 3 is 2.49 bits per heavy atom. The van der Waals surface area contributed by atoms with Crippen molar-refractivity contribution in [1.29, 1.82) is 0 Å². The van der Waals surface area contributed by atoms with Gasteiger partial charge in [-0.2, -0.15) is 0 Å². The molecule has 0 saturated heterocycles. The van der Waals surface area contributed by atoms with Gasteiger partial charge in [-0.15, -0.1) is 0 Å². The molecule has 39 heavy (non-hydrogen) atoms. The highest BCUT2D eigenvalue weighted by molar-refractivity contribution is 7.07. The summed E-state index contributed by atoms with van der Waals surface area (Å²) in [6.45, 7) is 12.4. The number of ether oxygens (including phenoxy) is 4. The van der Waals surface area contributed by atoms with Crippen molar-refractivity contribution < 1.29 is 23.7 Å². The maximum absolute atomic E-state index is 13.9. The molecule has 0 saturated carbocycles. The third-order valence-corrected chi connectivity index (χ3v) is 6.95. The maximum atomic E-state index is 13.9. The number of benzene rings is 2. The Morgan fingerprint density at radius 2 is 1.77 bits per heavy atom. The predicted octanol–water partition coefficient (Wildman–Crippen LogP) is 4.16. The first kappa shape index (κ1) is 27.9. The van der Waals surface area contributed by atoms with E-state index >= 15 is 0 Å². The summed E-state index contributed by atoms with van der Waals surface area (Å²) in [5.41, 5.74) is 1.96. The monoisotopic (exact) mass is 548 g/mol. The zero-order valence-electron chi connectivity index (χ0n) is 22.6. The van der Waals surface area contributed by atoms with E-state index in [1.807, 2.05) is 50.2 Å². The highest BCUT2D eigenvalue weighted by Gasteiger charge is 2.34. The molecule has 2 heterocycles. The molecule has 0 N–H and O–H groups in total. The Labute approximate surface area is 231 Å². The minimum atomic E-state index is -0.760. The minimum Gasteiger partial charge on any atom is -0.490 e. The molecule has 1 aromatic heterocycles. The van der Waals surface area contributed by atoms with E-state index in [9.17, 15) is 9.59 Å². The Kier molecular flexibility index (Phi) is 9.03. The smallest absolute Gasteiger partial charge is 0.338 e. The van der Waals surface area contributed by atoms with Crippen LogP contribution in [0.25, 0.3) is 6.08 Å². The van der Waals surface area contributed by atoms with Crippen molar-refractivity contribution in [2.75, 3.05) is 26.4 Å². The Balaban J connectivity index is 1.94. The van der Waals surface area contributed by atoms with Crippen molar-refractivity contribution in [1.82, 2.24) is 4.57 Å². The van der Waals surface area contributed by atoms with Gasteiger partial charge in [0.1, 0.15) is 12.4 Å². The second kappa shape index (κ2) is 12.6. The van der Waals surface area contributed by atoms with Crippen molar-refractivity contribution in [3.63, 3.8) is 0 Å². The van der Waals surface area contributed by atoms with Crippen molar-refractivity contribution in [3.8, 4) is 17.2 Å². The summed E-state index contributed by atoms with van der Waals surface area (Å²) in [4.78, 5) is 32.3. The van der Waals surface area contributed by atoms with Crippen molar-refractivity contribution in [2.24, 2.45) is 4.99 Å². The number of carbonyl (C=O) groups excluding carboxylic acids is 1. The van der Waals surface area contributed by atoms with Crippen LogP contribution in [0, 0.1) is 0 Å². The van der Waals surface area contributed by atoms with Gasteiger partial charge in [0.2, 0.25) is 0 Å². The molecule has 0 bridgehead atoms. The number of hydrogen-bond donors (Lipinski definition) is 0. The number of aromatic nitrogens is 1. The summed E-state index contributed by atoms with van der Waals surface area (Å²) < 4.78 is 24.8. The summed E-state index contributed by atoms with van der Waals surface area (Å²) >= 11 is 1.25. The highest BCUT2D eigenvalue weighted by Crippen LogP contribution is 2.36. The van der Waals surface area contributed by atoms with Crippen LogP contribution in [0.1, 0.15) is 44.9 Å². The zero-order chi connectivity index (χ0) is 27.9. The minimum absolute atomic E-state index is 0.196. The first-order valence-corrected chi connectivity index (χ1v) is 13.7. The van der Waals surface area contributed by atoms with Crippen molar-refractivity contribution >= 4 is 23.4 Å². The molecule has 0 fully saturated rings. The summed E-state index contributed by atoms with van der Waals surface area (Å²) in [5.74, 6) is 1.24. The van der Waals surface area contributed by atoms with E-state index in [1.54, 1.807) is 36.6 Å². The van der Waals surface area contributed by atoms with E-state index in [2.05, 4.69) is 11.6 Å². The largest absolute Gasteiger partial charge is 0.490 e. The maximum Gasteiger partial charge on any atom is 0.338 e. The quantitative estimate of drug-likeness (QED) is 0.264. The Morgan fingerprint density at radius 1 is 1.03 bits per heavy atom. The summed E-state index contributed by atoms with van der Waals surface area (Å²) in [7, 11) is 0. The number of para-hydroxylation sites is 1. The lowest BCUT2D eigenvalue weighted by atomic mass is 9.95. The predicted molar refractivity (Wildman–Crippen MR) is 151 cm³/mol. The molecular formula is C30H32N2O6S. The van der Waals surface area contributed by atoms with Crippen LogP contribution in [0.5, 0.6) is 17.2 Å². The fourth-order valence-electron chi connectivity index (χ4n) is 4.37. The van der Waals surface area contributed by atoms with Crippen LogP contribution in [0.4, 0.5) is 0 Å². The first-order chi connectivity index (χ1) is 18.9. The number of esters is 1. The van der Waals surface area contributed by atoms with E-state index < -0.39 is 12.0 Å². The number of hydrogen-bond acceptors (Lipinski definition) is 8. The van der Waals surface area contributed by atoms with Crippen LogP contribution >= 0.6 is 11.3 Å².